The number of hydrazone groups is 1. The van der Waals surface area contributed by atoms with E-state index in [9.17, 15) is 14.7 Å². The number of nitriles is 1. The summed E-state index contributed by atoms with van der Waals surface area (Å²) >= 11 is 0. The molecule has 7 nitrogen and oxygen atoms in total. The number of hydrogen-bond acceptors (Lipinski definition) is 5. The number of phenols is 1. The molecule has 0 aliphatic rings. The number of phenolic OH excluding ortho intramolecular Hbond substituents is 1. The van der Waals surface area contributed by atoms with E-state index in [1.54, 1.807) is 37.3 Å². The largest absolute Gasteiger partial charge is 0.508 e. The van der Waals surface area contributed by atoms with Crippen molar-refractivity contribution in [1.29, 1.82) is 5.26 Å². The zero-order valence-corrected chi connectivity index (χ0v) is 13.5. The topological polar surface area (TPSA) is 115 Å². The highest BCUT2D eigenvalue weighted by atomic mass is 16.3. The molecule has 0 bridgehead atoms. The lowest BCUT2D eigenvalue weighted by Crippen LogP contribution is -2.21. The van der Waals surface area contributed by atoms with Crippen LogP contribution in [-0.2, 0) is 4.79 Å². The molecule has 0 aromatic heterocycles. The minimum absolute atomic E-state index is 0.0168. The minimum atomic E-state index is -0.489. The van der Waals surface area contributed by atoms with Crippen LogP contribution in [0.25, 0.3) is 0 Å². The summed E-state index contributed by atoms with van der Waals surface area (Å²) in [5.41, 5.74) is 3.95. The molecular weight excluding hydrogens is 320 g/mol. The molecule has 0 radical (unpaired) electrons. The predicted octanol–water partition coefficient (Wildman–Crippen LogP) is 2.40. The van der Waals surface area contributed by atoms with Crippen LogP contribution in [0.5, 0.6) is 5.75 Å². The highest BCUT2D eigenvalue weighted by Gasteiger charge is 2.08. The number of carbonyl (C=O) groups is 2. The van der Waals surface area contributed by atoms with E-state index in [2.05, 4.69) is 15.8 Å². The van der Waals surface area contributed by atoms with Gasteiger partial charge in [-0.25, -0.2) is 5.43 Å². The lowest BCUT2D eigenvalue weighted by molar-refractivity contribution is -0.115. The van der Waals surface area contributed by atoms with E-state index in [4.69, 9.17) is 5.26 Å². The Hall–Kier alpha value is -3.66. The summed E-state index contributed by atoms with van der Waals surface area (Å²) in [5.74, 6) is -0.826. The fourth-order valence-corrected chi connectivity index (χ4v) is 2.00. The number of hydrogen-bond donors (Lipinski definition) is 3. The van der Waals surface area contributed by atoms with Crippen LogP contribution in [0.2, 0.25) is 0 Å². The highest BCUT2D eigenvalue weighted by molar-refractivity contribution is 6.06. The van der Waals surface area contributed by atoms with Crippen molar-refractivity contribution in [2.75, 3.05) is 5.32 Å². The van der Waals surface area contributed by atoms with Crippen LogP contribution in [0, 0.1) is 11.3 Å². The zero-order chi connectivity index (χ0) is 18.2. The molecular formula is C18H16N4O3. The van der Waals surface area contributed by atoms with E-state index < -0.39 is 5.91 Å². The van der Waals surface area contributed by atoms with Gasteiger partial charge in [0.15, 0.2) is 0 Å². The van der Waals surface area contributed by atoms with E-state index in [1.807, 2.05) is 6.07 Å². The normalized spacial score (nSPS) is 10.6. The van der Waals surface area contributed by atoms with Crippen molar-refractivity contribution in [3.05, 3.63) is 59.7 Å². The van der Waals surface area contributed by atoms with E-state index in [0.29, 0.717) is 17.0 Å². The standard InChI is InChI=1S/C18H16N4O3/c1-12(21-22-18(25)14-5-3-7-16(23)10-14)8-17(24)20-15-6-2-4-13(9-15)11-19/h2-7,9-10,23H,8H2,1H3,(H,20,24)(H,22,25). The van der Waals surface area contributed by atoms with Gasteiger partial charge in [-0.15, -0.1) is 0 Å². The fourth-order valence-electron chi connectivity index (χ4n) is 2.00. The van der Waals surface area contributed by atoms with Crippen LogP contribution in [0.1, 0.15) is 29.3 Å². The second-order valence-corrected chi connectivity index (χ2v) is 5.26. The first-order valence-electron chi connectivity index (χ1n) is 7.40. The number of amides is 2. The Morgan fingerprint density at radius 2 is 1.96 bits per heavy atom. The maximum atomic E-state index is 12.0. The van der Waals surface area contributed by atoms with E-state index in [0.717, 1.165) is 0 Å². The summed E-state index contributed by atoms with van der Waals surface area (Å²) < 4.78 is 0. The third-order valence-corrected chi connectivity index (χ3v) is 3.15. The quantitative estimate of drug-likeness (QED) is 0.574. The predicted molar refractivity (Wildman–Crippen MR) is 93.1 cm³/mol. The first-order valence-corrected chi connectivity index (χ1v) is 7.40. The summed E-state index contributed by atoms with van der Waals surface area (Å²) in [6.07, 6.45) is -0.0168. The van der Waals surface area contributed by atoms with E-state index in [1.165, 1.54) is 18.2 Å². The van der Waals surface area contributed by atoms with Gasteiger partial charge >= 0.3 is 0 Å². The molecule has 0 atom stereocenters. The van der Waals surface area contributed by atoms with Gasteiger partial charge in [-0.05, 0) is 43.3 Å². The van der Waals surface area contributed by atoms with E-state index in [-0.39, 0.29) is 23.6 Å². The van der Waals surface area contributed by atoms with Crippen molar-refractivity contribution in [3.63, 3.8) is 0 Å². The molecule has 0 saturated heterocycles. The zero-order valence-electron chi connectivity index (χ0n) is 13.5. The molecule has 3 N–H and O–H groups in total. The summed E-state index contributed by atoms with van der Waals surface area (Å²) in [6.45, 7) is 1.61. The molecule has 0 saturated carbocycles. The second kappa shape index (κ2) is 8.26. The molecule has 0 spiro atoms. The molecule has 2 aromatic carbocycles. The molecule has 126 valence electrons. The smallest absolute Gasteiger partial charge is 0.271 e. The van der Waals surface area contributed by atoms with Crippen LogP contribution in [-0.4, -0.2) is 22.6 Å². The number of anilines is 1. The number of aromatic hydroxyl groups is 1. The molecule has 0 heterocycles. The monoisotopic (exact) mass is 336 g/mol. The lowest BCUT2D eigenvalue weighted by atomic mass is 10.2. The van der Waals surface area contributed by atoms with Crippen molar-refractivity contribution < 1.29 is 14.7 Å². The van der Waals surface area contributed by atoms with Gasteiger partial charge in [-0.3, -0.25) is 9.59 Å². The second-order valence-electron chi connectivity index (χ2n) is 5.26. The summed E-state index contributed by atoms with van der Waals surface area (Å²) in [5, 5.41) is 24.7. The van der Waals surface area contributed by atoms with Gasteiger partial charge in [-0.1, -0.05) is 12.1 Å². The summed E-state index contributed by atoms with van der Waals surface area (Å²) in [6, 6.07) is 14.4. The van der Waals surface area contributed by atoms with Gasteiger partial charge < -0.3 is 10.4 Å². The Balaban J connectivity index is 1.91. The number of benzene rings is 2. The van der Waals surface area contributed by atoms with Crippen molar-refractivity contribution in [3.8, 4) is 11.8 Å². The maximum absolute atomic E-state index is 12.0. The Morgan fingerprint density at radius 1 is 1.20 bits per heavy atom. The molecule has 0 aliphatic heterocycles. The fraction of sp³-hybridized carbons (Fsp3) is 0.111. The number of carbonyl (C=O) groups excluding carboxylic acids is 2. The minimum Gasteiger partial charge on any atom is -0.508 e. The molecule has 2 rings (SSSR count). The van der Waals surface area contributed by atoms with Crippen LogP contribution in [0.4, 0.5) is 5.69 Å². The molecule has 7 heteroatoms. The SMILES string of the molecule is CC(CC(=O)Nc1cccc(C#N)c1)=NNC(=O)c1cccc(O)c1. The van der Waals surface area contributed by atoms with Gasteiger partial charge in [0.05, 0.1) is 18.1 Å². The van der Waals surface area contributed by atoms with Gasteiger partial charge in [-0.2, -0.15) is 10.4 Å². The van der Waals surface area contributed by atoms with Crippen LogP contribution in [0.15, 0.2) is 53.6 Å². The lowest BCUT2D eigenvalue weighted by Gasteiger charge is -2.06. The van der Waals surface area contributed by atoms with Gasteiger partial charge in [0.1, 0.15) is 5.75 Å². The van der Waals surface area contributed by atoms with Crippen molar-refractivity contribution in [1.82, 2.24) is 5.43 Å². The average molecular weight is 336 g/mol. The molecule has 2 amide bonds. The first kappa shape index (κ1) is 17.7. The molecule has 0 fully saturated rings. The molecule has 25 heavy (non-hydrogen) atoms. The Bertz CT molecular complexity index is 869. The number of nitrogens with one attached hydrogen (secondary N) is 2. The van der Waals surface area contributed by atoms with Gasteiger partial charge in [0.25, 0.3) is 5.91 Å². The van der Waals surface area contributed by atoms with Crippen LogP contribution in [0.3, 0.4) is 0 Å². The molecule has 0 unspecified atom stereocenters. The molecule has 0 aliphatic carbocycles. The van der Waals surface area contributed by atoms with Crippen LogP contribution >= 0.6 is 0 Å². The third kappa shape index (κ3) is 5.48. The maximum Gasteiger partial charge on any atom is 0.271 e. The summed E-state index contributed by atoms with van der Waals surface area (Å²) in [4.78, 5) is 23.8. The summed E-state index contributed by atoms with van der Waals surface area (Å²) in [7, 11) is 0. The van der Waals surface area contributed by atoms with Crippen LogP contribution < -0.4 is 10.7 Å². The van der Waals surface area contributed by atoms with Gasteiger partial charge in [0.2, 0.25) is 5.91 Å². The molecule has 2 aromatic rings. The van der Waals surface area contributed by atoms with Crippen molar-refractivity contribution in [2.24, 2.45) is 5.10 Å². The Morgan fingerprint density at radius 3 is 2.68 bits per heavy atom. The van der Waals surface area contributed by atoms with Crippen molar-refractivity contribution >= 4 is 23.2 Å². The average Bonchev–Trinajstić information content (AvgIpc) is 2.59. The highest BCUT2D eigenvalue weighted by Crippen LogP contribution is 2.11. The first-order chi connectivity index (χ1) is 12.0. The van der Waals surface area contributed by atoms with E-state index >= 15 is 0 Å². The van der Waals surface area contributed by atoms with Gasteiger partial charge in [0, 0.05) is 17.0 Å². The third-order valence-electron chi connectivity index (χ3n) is 3.15. The number of nitrogens with zero attached hydrogens (tertiary/aromatic N) is 2. The number of rotatable bonds is 5. The Labute approximate surface area is 144 Å². The van der Waals surface area contributed by atoms with Crippen molar-refractivity contribution in [2.45, 2.75) is 13.3 Å². The Kier molecular flexibility index (Phi) is 5.85.